The van der Waals surface area contributed by atoms with Gasteiger partial charge in [0, 0.05) is 13.2 Å². The Morgan fingerprint density at radius 3 is 2.95 bits per heavy atom. The summed E-state index contributed by atoms with van der Waals surface area (Å²) in [6, 6.07) is 5.16. The third kappa shape index (κ3) is 3.42. The van der Waals surface area contributed by atoms with Crippen molar-refractivity contribution in [3.63, 3.8) is 0 Å². The lowest BCUT2D eigenvalue weighted by atomic mass is 10.0. The molecule has 1 aromatic carbocycles. The minimum atomic E-state index is -0.350. The quantitative estimate of drug-likeness (QED) is 0.639. The van der Waals surface area contributed by atoms with Gasteiger partial charge in [-0.1, -0.05) is 0 Å². The summed E-state index contributed by atoms with van der Waals surface area (Å²) in [6.45, 7) is 5.75. The van der Waals surface area contributed by atoms with E-state index in [1.54, 1.807) is 25.1 Å². The molecule has 0 aromatic heterocycles. The summed E-state index contributed by atoms with van der Waals surface area (Å²) in [5, 5.41) is 3.29. The van der Waals surface area contributed by atoms with Crippen LogP contribution in [0.3, 0.4) is 0 Å². The first-order valence-electron chi connectivity index (χ1n) is 6.98. The van der Waals surface area contributed by atoms with Crippen molar-refractivity contribution in [1.82, 2.24) is 0 Å². The highest BCUT2D eigenvalue weighted by Crippen LogP contribution is 2.27. The molecule has 1 unspecified atom stereocenters. The van der Waals surface area contributed by atoms with E-state index < -0.39 is 0 Å². The van der Waals surface area contributed by atoms with Crippen molar-refractivity contribution in [2.45, 2.75) is 32.3 Å². The van der Waals surface area contributed by atoms with Crippen LogP contribution in [-0.2, 0) is 9.47 Å². The number of benzene rings is 1. The molecule has 0 saturated carbocycles. The average molecular weight is 278 g/mol. The van der Waals surface area contributed by atoms with Crippen molar-refractivity contribution in [3.8, 4) is 0 Å². The Morgan fingerprint density at radius 2 is 2.35 bits per heavy atom. The first-order valence-corrected chi connectivity index (χ1v) is 6.98. The maximum absolute atomic E-state index is 11.6. The van der Waals surface area contributed by atoms with Gasteiger partial charge in [-0.25, -0.2) is 4.79 Å². The summed E-state index contributed by atoms with van der Waals surface area (Å²) in [5.41, 5.74) is 7.66. The second kappa shape index (κ2) is 6.13. The van der Waals surface area contributed by atoms with Gasteiger partial charge in [-0.2, -0.15) is 0 Å². The van der Waals surface area contributed by atoms with Crippen molar-refractivity contribution in [1.29, 1.82) is 0 Å². The third-order valence-electron chi connectivity index (χ3n) is 3.52. The summed E-state index contributed by atoms with van der Waals surface area (Å²) in [7, 11) is 0. The van der Waals surface area contributed by atoms with Gasteiger partial charge in [-0.05, 0) is 44.9 Å². The molecule has 110 valence electrons. The molecule has 1 heterocycles. The molecule has 1 atom stereocenters. The standard InChI is InChI=1S/C15H22N2O3/c1-3-19-14(18)11-5-6-13(12(16)9-11)17-10-15(2)7-4-8-20-15/h5-6,9,17H,3-4,7-8,10,16H2,1-2H3. The highest BCUT2D eigenvalue weighted by Gasteiger charge is 2.29. The molecule has 5 heteroatoms. The van der Waals surface area contributed by atoms with E-state index in [0.29, 0.717) is 24.4 Å². The van der Waals surface area contributed by atoms with Crippen molar-refractivity contribution in [2.75, 3.05) is 30.8 Å². The lowest BCUT2D eigenvalue weighted by Crippen LogP contribution is -2.32. The Kier molecular flexibility index (Phi) is 4.49. The number of hydrogen-bond acceptors (Lipinski definition) is 5. The van der Waals surface area contributed by atoms with Gasteiger partial charge in [0.1, 0.15) is 0 Å². The fourth-order valence-electron chi connectivity index (χ4n) is 2.32. The number of nitrogens with two attached hydrogens (primary N) is 1. The number of ether oxygens (including phenoxy) is 2. The van der Waals surface area contributed by atoms with Crippen LogP contribution in [0, 0.1) is 0 Å². The van der Waals surface area contributed by atoms with Crippen LogP contribution in [0.25, 0.3) is 0 Å². The number of esters is 1. The Balaban J connectivity index is 2.00. The van der Waals surface area contributed by atoms with E-state index in [9.17, 15) is 4.79 Å². The molecule has 1 aliphatic heterocycles. The second-order valence-corrected chi connectivity index (χ2v) is 5.28. The molecule has 1 aromatic rings. The Hall–Kier alpha value is -1.75. The number of hydrogen-bond donors (Lipinski definition) is 2. The van der Waals surface area contributed by atoms with Gasteiger partial charge in [0.05, 0.1) is 29.1 Å². The number of carbonyl (C=O) groups is 1. The van der Waals surface area contributed by atoms with Gasteiger partial charge in [-0.3, -0.25) is 0 Å². The number of anilines is 2. The van der Waals surface area contributed by atoms with Crippen LogP contribution in [0.5, 0.6) is 0 Å². The fraction of sp³-hybridized carbons (Fsp3) is 0.533. The molecule has 20 heavy (non-hydrogen) atoms. The summed E-state index contributed by atoms with van der Waals surface area (Å²) in [4.78, 5) is 11.6. The monoisotopic (exact) mass is 278 g/mol. The highest BCUT2D eigenvalue weighted by molar-refractivity contribution is 5.91. The normalized spacial score (nSPS) is 21.7. The van der Waals surface area contributed by atoms with Crippen molar-refractivity contribution in [2.24, 2.45) is 0 Å². The third-order valence-corrected chi connectivity index (χ3v) is 3.52. The number of nitrogen functional groups attached to an aromatic ring is 1. The van der Waals surface area contributed by atoms with Gasteiger partial charge < -0.3 is 20.5 Å². The Labute approximate surface area is 119 Å². The maximum Gasteiger partial charge on any atom is 0.338 e. The maximum atomic E-state index is 11.6. The van der Waals surface area contributed by atoms with E-state index in [1.165, 1.54) is 0 Å². The van der Waals surface area contributed by atoms with Crippen molar-refractivity contribution >= 4 is 17.3 Å². The summed E-state index contributed by atoms with van der Waals surface area (Å²) >= 11 is 0. The van der Waals surface area contributed by atoms with Gasteiger partial charge in [-0.15, -0.1) is 0 Å². The molecule has 0 amide bonds. The van der Waals surface area contributed by atoms with E-state index in [2.05, 4.69) is 12.2 Å². The molecule has 1 saturated heterocycles. The van der Waals surface area contributed by atoms with E-state index in [1.807, 2.05) is 0 Å². The predicted molar refractivity (Wildman–Crippen MR) is 78.9 cm³/mol. The van der Waals surface area contributed by atoms with Gasteiger partial charge >= 0.3 is 5.97 Å². The van der Waals surface area contributed by atoms with Crippen molar-refractivity contribution in [3.05, 3.63) is 23.8 Å². The van der Waals surface area contributed by atoms with E-state index in [0.717, 1.165) is 25.1 Å². The van der Waals surface area contributed by atoms with Crippen LogP contribution in [0.4, 0.5) is 11.4 Å². The zero-order valence-electron chi connectivity index (χ0n) is 12.1. The van der Waals surface area contributed by atoms with Crippen LogP contribution < -0.4 is 11.1 Å². The first kappa shape index (κ1) is 14.7. The predicted octanol–water partition coefficient (Wildman–Crippen LogP) is 2.43. The SMILES string of the molecule is CCOC(=O)c1ccc(NCC2(C)CCCO2)c(N)c1. The van der Waals surface area contributed by atoms with E-state index in [-0.39, 0.29) is 11.6 Å². The van der Waals surface area contributed by atoms with Crippen LogP contribution in [0.15, 0.2) is 18.2 Å². The molecular formula is C15H22N2O3. The Morgan fingerprint density at radius 1 is 1.55 bits per heavy atom. The van der Waals surface area contributed by atoms with Gasteiger partial charge in [0.2, 0.25) is 0 Å². The van der Waals surface area contributed by atoms with Crippen molar-refractivity contribution < 1.29 is 14.3 Å². The summed E-state index contributed by atoms with van der Waals surface area (Å²) < 4.78 is 10.7. The number of nitrogens with one attached hydrogen (secondary N) is 1. The van der Waals surface area contributed by atoms with E-state index in [4.69, 9.17) is 15.2 Å². The molecule has 1 aliphatic rings. The number of rotatable bonds is 5. The minimum Gasteiger partial charge on any atom is -0.462 e. The fourth-order valence-corrected chi connectivity index (χ4v) is 2.32. The molecular weight excluding hydrogens is 256 g/mol. The molecule has 1 fully saturated rings. The minimum absolute atomic E-state index is 0.133. The number of carbonyl (C=O) groups excluding carboxylic acids is 1. The second-order valence-electron chi connectivity index (χ2n) is 5.28. The molecule has 3 N–H and O–H groups in total. The van der Waals surface area contributed by atoms with Gasteiger partial charge in [0.15, 0.2) is 0 Å². The smallest absolute Gasteiger partial charge is 0.338 e. The lowest BCUT2D eigenvalue weighted by molar-refractivity contribution is 0.0315. The topological polar surface area (TPSA) is 73.6 Å². The molecule has 2 rings (SSSR count). The van der Waals surface area contributed by atoms with E-state index >= 15 is 0 Å². The zero-order chi connectivity index (χ0) is 14.6. The molecule has 0 bridgehead atoms. The average Bonchev–Trinajstić information content (AvgIpc) is 2.85. The van der Waals surface area contributed by atoms with Crippen LogP contribution in [-0.4, -0.2) is 31.3 Å². The zero-order valence-corrected chi connectivity index (χ0v) is 12.1. The highest BCUT2D eigenvalue weighted by atomic mass is 16.5. The van der Waals surface area contributed by atoms with Crippen LogP contribution in [0.2, 0.25) is 0 Å². The largest absolute Gasteiger partial charge is 0.462 e. The molecule has 0 aliphatic carbocycles. The van der Waals surface area contributed by atoms with Crippen LogP contribution >= 0.6 is 0 Å². The van der Waals surface area contributed by atoms with Gasteiger partial charge in [0.25, 0.3) is 0 Å². The molecule has 0 radical (unpaired) electrons. The molecule has 5 nitrogen and oxygen atoms in total. The molecule has 0 spiro atoms. The van der Waals surface area contributed by atoms with Crippen LogP contribution in [0.1, 0.15) is 37.0 Å². The summed E-state index contributed by atoms with van der Waals surface area (Å²) in [6.07, 6.45) is 2.14. The first-order chi connectivity index (χ1) is 9.54. The Bertz CT molecular complexity index is 482. The lowest BCUT2D eigenvalue weighted by Gasteiger charge is -2.24. The summed E-state index contributed by atoms with van der Waals surface area (Å²) in [5.74, 6) is -0.350.